The third-order valence-corrected chi connectivity index (χ3v) is 1.03. The normalized spacial score (nSPS) is 13.3. The van der Waals surface area contributed by atoms with Crippen LogP contribution in [0, 0.1) is 0 Å². The molecule has 2 N–H and O–H groups in total. The van der Waals surface area contributed by atoms with Gasteiger partial charge in [-0.3, -0.25) is 4.55 Å². The van der Waals surface area contributed by atoms with Crippen molar-refractivity contribution in [2.45, 2.75) is 0 Å². The van der Waals surface area contributed by atoms with Crippen LogP contribution in [0.3, 0.4) is 0 Å². The average Bonchev–Trinajstić information content (AvgIpc) is 1.83. The third-order valence-electron chi connectivity index (χ3n) is 0.288. The first kappa shape index (κ1) is 10.7. The van der Waals surface area contributed by atoms with E-state index in [1.807, 2.05) is 0 Å². The van der Waals surface area contributed by atoms with E-state index in [9.17, 15) is 16.8 Å². The van der Waals surface area contributed by atoms with E-state index >= 15 is 0 Å². The summed E-state index contributed by atoms with van der Waals surface area (Å²) in [5.74, 6) is 0. The van der Waals surface area contributed by atoms with E-state index in [0.717, 1.165) is 0 Å². The maximum absolute atomic E-state index is 9.85. The van der Waals surface area contributed by atoms with Gasteiger partial charge in [-0.05, 0) is 0 Å². The molecule has 11 heteroatoms. The second-order valence-corrected chi connectivity index (χ2v) is 3.14. The van der Waals surface area contributed by atoms with E-state index in [4.69, 9.17) is 9.81 Å². The molecular weight excluding hydrogens is 208 g/mol. The van der Waals surface area contributed by atoms with Crippen LogP contribution in [-0.4, -0.2) is 26.6 Å². The Kier molecular flexibility index (Phi) is 3.30. The summed E-state index contributed by atoms with van der Waals surface area (Å²) in [5, 5.41) is 7.42. The standard InChI is InChI=1S/H2O9S2/c1-7-11(5,6)9-8-10(2,3)4/h1H,(H,2,3,4). The zero-order valence-electron chi connectivity index (χ0n) is 4.57. The van der Waals surface area contributed by atoms with E-state index in [-0.39, 0.29) is 0 Å². The molecular formula is H2O9S2. The van der Waals surface area contributed by atoms with E-state index in [1.54, 1.807) is 0 Å². The average molecular weight is 210 g/mol. The van der Waals surface area contributed by atoms with Gasteiger partial charge < -0.3 is 0 Å². The Balaban J connectivity index is 4.13. The lowest BCUT2D eigenvalue weighted by molar-refractivity contribution is -0.183. The summed E-state index contributed by atoms with van der Waals surface area (Å²) in [7, 11) is -10.0. The van der Waals surface area contributed by atoms with Crippen molar-refractivity contribution in [2.24, 2.45) is 0 Å². The molecule has 0 heterocycles. The van der Waals surface area contributed by atoms with Crippen LogP contribution in [0.4, 0.5) is 0 Å². The van der Waals surface area contributed by atoms with E-state index in [0.29, 0.717) is 0 Å². The van der Waals surface area contributed by atoms with Gasteiger partial charge in [0.2, 0.25) is 0 Å². The van der Waals surface area contributed by atoms with Gasteiger partial charge in [0.25, 0.3) is 0 Å². The monoisotopic (exact) mass is 210 g/mol. The quantitative estimate of drug-likeness (QED) is 0.321. The van der Waals surface area contributed by atoms with Crippen LogP contribution in [0.1, 0.15) is 0 Å². The molecule has 0 aliphatic heterocycles. The fraction of sp³-hybridized carbons (Fsp3) is 0. The molecule has 0 saturated heterocycles. The molecule has 11 heavy (non-hydrogen) atoms. The summed E-state index contributed by atoms with van der Waals surface area (Å²) in [6.45, 7) is 0. The Morgan fingerprint density at radius 3 is 1.73 bits per heavy atom. The van der Waals surface area contributed by atoms with Crippen molar-refractivity contribution in [1.29, 1.82) is 0 Å². The maximum atomic E-state index is 9.85. The van der Waals surface area contributed by atoms with Crippen molar-refractivity contribution in [1.82, 2.24) is 0 Å². The zero-order chi connectivity index (χ0) is 9.12. The summed E-state index contributed by atoms with van der Waals surface area (Å²) < 4.78 is 54.9. The lowest BCUT2D eigenvalue weighted by Gasteiger charge is -1.95. The Morgan fingerprint density at radius 1 is 1.00 bits per heavy atom. The minimum Gasteiger partial charge on any atom is -0.262 e. The molecule has 0 aliphatic rings. The largest absolute Gasteiger partial charge is 0.454 e. The van der Waals surface area contributed by atoms with Crippen LogP contribution in [0.15, 0.2) is 0 Å². The van der Waals surface area contributed by atoms with Crippen molar-refractivity contribution < 1.29 is 39.6 Å². The lowest BCUT2D eigenvalue weighted by atomic mass is 14.9. The Morgan fingerprint density at radius 2 is 1.45 bits per heavy atom. The fourth-order valence-electron chi connectivity index (χ4n) is 0.0815. The number of hydrogen-bond donors (Lipinski definition) is 2. The molecule has 0 fully saturated rings. The van der Waals surface area contributed by atoms with Gasteiger partial charge in [-0.1, -0.05) is 13.0 Å². The lowest BCUT2D eigenvalue weighted by Crippen LogP contribution is -2.12. The molecule has 0 rings (SSSR count). The van der Waals surface area contributed by atoms with Gasteiger partial charge in [-0.15, -0.1) is 0 Å². The van der Waals surface area contributed by atoms with Crippen LogP contribution in [-0.2, 0) is 33.8 Å². The molecule has 0 bridgehead atoms. The first-order chi connectivity index (χ1) is 4.77. The molecule has 0 amide bonds. The molecule has 0 unspecified atom stereocenters. The first-order valence-corrected chi connectivity index (χ1v) is 4.40. The number of hydrogen-bond acceptors (Lipinski definition) is 8. The highest BCUT2D eigenvalue weighted by molar-refractivity contribution is 7.83. The second-order valence-electron chi connectivity index (χ2n) is 1.05. The Hall–Kier alpha value is -0.300. The van der Waals surface area contributed by atoms with E-state index in [1.165, 1.54) is 0 Å². The summed E-state index contributed by atoms with van der Waals surface area (Å²) in [5.41, 5.74) is 0. The van der Waals surface area contributed by atoms with Crippen molar-refractivity contribution in [3.05, 3.63) is 0 Å². The smallest absolute Gasteiger partial charge is 0.262 e. The van der Waals surface area contributed by atoms with Gasteiger partial charge >= 0.3 is 20.8 Å². The zero-order valence-corrected chi connectivity index (χ0v) is 6.20. The molecule has 0 aromatic rings. The van der Waals surface area contributed by atoms with Gasteiger partial charge in [0.05, 0.1) is 0 Å². The Labute approximate surface area is 61.2 Å². The topological polar surface area (TPSA) is 136 Å². The van der Waals surface area contributed by atoms with Gasteiger partial charge in [0.1, 0.15) is 0 Å². The highest BCUT2D eigenvalue weighted by atomic mass is 32.3. The fourth-order valence-corrected chi connectivity index (χ4v) is 0.659. The predicted octanol–water partition coefficient (Wildman–Crippen LogP) is -1.53. The summed E-state index contributed by atoms with van der Waals surface area (Å²) in [6.07, 6.45) is 0. The van der Waals surface area contributed by atoms with Crippen molar-refractivity contribution in [3.8, 4) is 0 Å². The van der Waals surface area contributed by atoms with Gasteiger partial charge in [-0.25, -0.2) is 5.26 Å². The minimum atomic E-state index is -5.06. The van der Waals surface area contributed by atoms with Gasteiger partial charge in [0, 0.05) is 0 Å². The minimum absolute atomic E-state index is 2.58. The maximum Gasteiger partial charge on any atom is 0.454 e. The molecule has 0 saturated carbocycles. The molecule has 0 spiro atoms. The van der Waals surface area contributed by atoms with E-state index in [2.05, 4.69) is 13.0 Å². The van der Waals surface area contributed by atoms with Crippen LogP contribution in [0.5, 0.6) is 0 Å². The van der Waals surface area contributed by atoms with E-state index < -0.39 is 20.8 Å². The third kappa shape index (κ3) is 6.11. The SMILES string of the molecule is O=S(=O)(O)OOS(=O)(=O)OO. The van der Waals surface area contributed by atoms with Crippen LogP contribution in [0.25, 0.3) is 0 Å². The molecule has 9 nitrogen and oxygen atoms in total. The van der Waals surface area contributed by atoms with Crippen molar-refractivity contribution in [3.63, 3.8) is 0 Å². The molecule has 0 atom stereocenters. The summed E-state index contributed by atoms with van der Waals surface area (Å²) in [4.78, 5) is 0. The van der Waals surface area contributed by atoms with Gasteiger partial charge in [-0.2, -0.15) is 16.8 Å². The van der Waals surface area contributed by atoms with Crippen LogP contribution >= 0.6 is 0 Å². The van der Waals surface area contributed by atoms with Crippen molar-refractivity contribution in [2.75, 3.05) is 0 Å². The second kappa shape index (κ2) is 3.40. The molecule has 0 aromatic carbocycles. The van der Waals surface area contributed by atoms with Crippen LogP contribution in [0.2, 0.25) is 0 Å². The molecule has 0 radical (unpaired) electrons. The molecule has 0 aliphatic carbocycles. The van der Waals surface area contributed by atoms with Crippen molar-refractivity contribution >= 4 is 20.8 Å². The highest BCUT2D eigenvalue weighted by Crippen LogP contribution is 1.96. The molecule has 68 valence electrons. The summed E-state index contributed by atoms with van der Waals surface area (Å²) in [6, 6.07) is 0. The Bertz CT molecular complexity index is 288. The summed E-state index contributed by atoms with van der Waals surface area (Å²) >= 11 is 0. The van der Waals surface area contributed by atoms with Gasteiger partial charge in [0.15, 0.2) is 0 Å². The predicted molar refractivity (Wildman–Crippen MR) is 26.4 cm³/mol. The first-order valence-electron chi connectivity index (χ1n) is 1.70. The highest BCUT2D eigenvalue weighted by Gasteiger charge is 2.17. The number of rotatable bonds is 4. The van der Waals surface area contributed by atoms with Crippen LogP contribution < -0.4 is 0 Å². The molecule has 0 aromatic heterocycles.